The van der Waals surface area contributed by atoms with E-state index in [1.54, 1.807) is 4.90 Å². The molecule has 0 aromatic heterocycles. The minimum absolute atomic E-state index is 0.0863. The molecular weight excluding hydrogens is 452 g/mol. The summed E-state index contributed by atoms with van der Waals surface area (Å²) in [5, 5.41) is 4.79. The van der Waals surface area contributed by atoms with Crippen LogP contribution in [0, 0.1) is 13.8 Å². The highest BCUT2D eigenvalue weighted by molar-refractivity contribution is 6.33. The third-order valence-corrected chi connectivity index (χ3v) is 6.03. The number of amides is 1. The van der Waals surface area contributed by atoms with Gasteiger partial charge in [0.05, 0.1) is 17.9 Å². The summed E-state index contributed by atoms with van der Waals surface area (Å²) < 4.78 is 5.52. The zero-order chi connectivity index (χ0) is 24.9. The van der Waals surface area contributed by atoms with E-state index in [0.717, 1.165) is 36.8 Å². The maximum atomic E-state index is 12.9. The Bertz CT molecular complexity index is 931. The van der Waals surface area contributed by atoms with Crippen LogP contribution in [0.15, 0.2) is 35.5 Å². The number of cyclic esters (lactones) is 1. The normalized spacial score (nSPS) is 17.0. The number of nitrogens with zero attached hydrogens (tertiary/aromatic N) is 2. The summed E-state index contributed by atoms with van der Waals surface area (Å²) in [4.78, 5) is 32.8. The first-order valence-electron chi connectivity index (χ1n) is 12.1. The molecule has 0 saturated heterocycles. The van der Waals surface area contributed by atoms with Gasteiger partial charge in [-0.05, 0) is 68.7 Å². The monoisotopic (exact) mass is 488 g/mol. The van der Waals surface area contributed by atoms with Crippen LogP contribution in [0.4, 0.5) is 0 Å². The van der Waals surface area contributed by atoms with Crippen LogP contribution in [0.5, 0.6) is 0 Å². The molecule has 7 heteroatoms. The van der Waals surface area contributed by atoms with Gasteiger partial charge in [0.2, 0.25) is 0 Å². The van der Waals surface area contributed by atoms with Gasteiger partial charge in [-0.15, -0.1) is 0 Å². The maximum Gasteiger partial charge on any atom is 0.338 e. The first-order valence-corrected chi connectivity index (χ1v) is 12.5. The molecule has 0 saturated carbocycles. The fourth-order valence-electron chi connectivity index (χ4n) is 3.90. The van der Waals surface area contributed by atoms with Crippen LogP contribution in [-0.4, -0.2) is 48.8 Å². The first-order chi connectivity index (χ1) is 16.4. The summed E-state index contributed by atoms with van der Waals surface area (Å²) in [6.45, 7) is 9.46. The quantitative estimate of drug-likeness (QED) is 0.269. The molecule has 1 aliphatic heterocycles. The Labute approximate surface area is 208 Å². The fourth-order valence-corrected chi connectivity index (χ4v) is 4.12. The minimum atomic E-state index is -0.394. The van der Waals surface area contributed by atoms with Crippen molar-refractivity contribution in [1.29, 1.82) is 0 Å². The van der Waals surface area contributed by atoms with E-state index < -0.39 is 5.97 Å². The Hall–Kier alpha value is -2.60. The molecule has 0 spiro atoms. The van der Waals surface area contributed by atoms with Gasteiger partial charge in [-0.2, -0.15) is 0 Å². The molecule has 186 valence electrons. The molecule has 0 N–H and O–H groups in total. The number of benzene rings is 1. The smallest absolute Gasteiger partial charge is 0.338 e. The molecule has 1 aromatic carbocycles. The number of oxime groups is 1. The first kappa shape index (κ1) is 27.6. The van der Waals surface area contributed by atoms with Crippen molar-refractivity contribution in [2.24, 2.45) is 5.16 Å². The van der Waals surface area contributed by atoms with Crippen molar-refractivity contribution in [2.45, 2.75) is 66.2 Å². The summed E-state index contributed by atoms with van der Waals surface area (Å²) in [5.41, 5.74) is 3.40. The molecule has 0 fully saturated rings. The van der Waals surface area contributed by atoms with Gasteiger partial charge in [-0.3, -0.25) is 4.79 Å². The van der Waals surface area contributed by atoms with Gasteiger partial charge >= 0.3 is 5.97 Å². The van der Waals surface area contributed by atoms with Gasteiger partial charge < -0.3 is 14.5 Å². The summed E-state index contributed by atoms with van der Waals surface area (Å²) in [6.07, 6.45) is 12.4. The molecule has 1 amide bonds. The molecule has 0 radical (unpaired) electrons. The lowest BCUT2D eigenvalue weighted by molar-refractivity contribution is -0.136. The van der Waals surface area contributed by atoms with Crippen molar-refractivity contribution < 1.29 is 19.2 Å². The topological polar surface area (TPSA) is 68.2 Å². The average Bonchev–Trinajstić information content (AvgIpc) is 2.80. The Kier molecular flexibility index (Phi) is 11.9. The van der Waals surface area contributed by atoms with Gasteiger partial charge in [0.25, 0.3) is 5.91 Å². The molecule has 0 bridgehead atoms. The number of carbonyl (C=O) groups excluding carboxylic acids is 2. The molecule has 2 rings (SSSR count). The molecule has 6 nitrogen and oxygen atoms in total. The second kappa shape index (κ2) is 14.6. The Morgan fingerprint density at radius 1 is 1.09 bits per heavy atom. The number of ether oxygens (including phenoxy) is 1. The second-order valence-electron chi connectivity index (χ2n) is 8.47. The number of esters is 1. The maximum absolute atomic E-state index is 12.9. The molecule has 0 atom stereocenters. The summed E-state index contributed by atoms with van der Waals surface area (Å²) in [6, 6.07) is 1.89. The molecule has 0 unspecified atom stereocenters. The van der Waals surface area contributed by atoms with Crippen LogP contribution in [0.3, 0.4) is 0 Å². The van der Waals surface area contributed by atoms with Gasteiger partial charge in [0.15, 0.2) is 6.61 Å². The van der Waals surface area contributed by atoms with Gasteiger partial charge in [0.1, 0.15) is 0 Å². The molecule has 0 aliphatic carbocycles. The van der Waals surface area contributed by atoms with Crippen LogP contribution >= 0.6 is 11.6 Å². The number of allylic oxidation sites excluding steroid dienone is 3. The highest BCUT2D eigenvalue weighted by Gasteiger charge is 2.22. The number of hydrogen-bond acceptors (Lipinski definition) is 5. The minimum Gasteiger partial charge on any atom is -0.462 e. The number of aryl methyl sites for hydroxylation is 2. The van der Waals surface area contributed by atoms with E-state index in [0.29, 0.717) is 54.4 Å². The van der Waals surface area contributed by atoms with Crippen molar-refractivity contribution >= 4 is 29.2 Å². The lowest BCUT2D eigenvalue weighted by atomic mass is 9.94. The van der Waals surface area contributed by atoms with Crippen LogP contribution in [-0.2, 0) is 20.8 Å². The van der Waals surface area contributed by atoms with E-state index in [1.165, 1.54) is 0 Å². The van der Waals surface area contributed by atoms with Gasteiger partial charge in [-0.1, -0.05) is 54.9 Å². The van der Waals surface area contributed by atoms with Gasteiger partial charge in [0, 0.05) is 24.5 Å². The van der Waals surface area contributed by atoms with Crippen molar-refractivity contribution in [3.8, 4) is 0 Å². The highest BCUT2D eigenvalue weighted by Crippen LogP contribution is 2.29. The lowest BCUT2D eigenvalue weighted by Crippen LogP contribution is -2.35. The average molecular weight is 489 g/mol. The molecule has 34 heavy (non-hydrogen) atoms. The van der Waals surface area contributed by atoms with Gasteiger partial charge in [-0.25, -0.2) is 4.79 Å². The zero-order valence-electron chi connectivity index (χ0n) is 20.9. The zero-order valence-corrected chi connectivity index (χ0v) is 21.6. The van der Waals surface area contributed by atoms with E-state index in [2.05, 4.69) is 11.2 Å². The third-order valence-electron chi connectivity index (χ3n) is 5.51. The van der Waals surface area contributed by atoms with Crippen LogP contribution in [0.1, 0.15) is 73.0 Å². The highest BCUT2D eigenvalue weighted by atomic mass is 35.5. The fraction of sp³-hybridized carbons (Fsp3) is 0.519. The van der Waals surface area contributed by atoms with Crippen molar-refractivity contribution in [2.75, 3.05) is 26.3 Å². The van der Waals surface area contributed by atoms with Crippen molar-refractivity contribution in [1.82, 2.24) is 4.90 Å². The number of hydrogen-bond donors (Lipinski definition) is 0. The van der Waals surface area contributed by atoms with E-state index in [-0.39, 0.29) is 12.5 Å². The molecule has 1 heterocycles. The number of rotatable bonds is 7. The Morgan fingerprint density at radius 2 is 1.76 bits per heavy atom. The van der Waals surface area contributed by atoms with E-state index in [4.69, 9.17) is 21.2 Å². The Morgan fingerprint density at radius 3 is 2.47 bits per heavy atom. The van der Waals surface area contributed by atoms with Crippen LogP contribution in [0.2, 0.25) is 5.02 Å². The summed E-state index contributed by atoms with van der Waals surface area (Å²) in [7, 11) is 0. The largest absolute Gasteiger partial charge is 0.462 e. The predicted octanol–water partition coefficient (Wildman–Crippen LogP) is 5.97. The Balaban J connectivity index is 2.34. The number of carbonyl (C=O) groups is 2. The second-order valence-corrected chi connectivity index (χ2v) is 8.85. The SMILES string of the molecule is CCCN(CCC)C(=O)CO/N=C1\C=CCC/C=C/CCOC(=O)c2c(C)cc(C)c(Cl)c2C1. The number of halogens is 1. The van der Waals surface area contributed by atoms with E-state index >= 15 is 0 Å². The van der Waals surface area contributed by atoms with Crippen molar-refractivity contribution in [3.63, 3.8) is 0 Å². The summed E-state index contributed by atoms with van der Waals surface area (Å²) >= 11 is 6.66. The van der Waals surface area contributed by atoms with Crippen LogP contribution < -0.4 is 0 Å². The standard InChI is InChI=1S/C27H37ClN2O4/c1-5-14-30(15-6-2)24(31)19-34-29-22-13-11-9-7-8-10-12-16-33-27(32)25-20(3)17-21(4)26(28)23(25)18-22/h8,10-11,13,17H,5-7,9,12,14-16,18-19H2,1-4H3/b10-8+,13-11?,29-22+. The van der Waals surface area contributed by atoms with Crippen LogP contribution in [0.25, 0.3) is 0 Å². The number of fused-ring (bicyclic) bond motifs is 1. The molecule has 1 aliphatic rings. The predicted molar refractivity (Wildman–Crippen MR) is 138 cm³/mol. The molecular formula is C27H37ClN2O4. The molecule has 1 aromatic rings. The van der Waals surface area contributed by atoms with E-state index in [1.807, 2.05) is 52.0 Å². The van der Waals surface area contributed by atoms with Crippen molar-refractivity contribution in [3.05, 3.63) is 57.6 Å². The van der Waals surface area contributed by atoms with E-state index in [9.17, 15) is 9.59 Å². The third kappa shape index (κ3) is 8.32. The lowest BCUT2D eigenvalue weighted by Gasteiger charge is -2.20. The summed E-state index contributed by atoms with van der Waals surface area (Å²) in [5.74, 6) is -0.481.